The summed E-state index contributed by atoms with van der Waals surface area (Å²) in [6.45, 7) is 9.40. The Hall–Kier alpha value is -0.0400. The lowest BCUT2D eigenvalue weighted by Crippen LogP contribution is -2.36. The zero-order chi connectivity index (χ0) is 9.27. The standard InChI is InChI=1S/C12H19O/c1-11(2)9-4-6-12(11,3)10-8(9)5-7-13-10/h7-10H,4-6H2,1-3H3. The summed E-state index contributed by atoms with van der Waals surface area (Å²) in [4.78, 5) is 0. The van der Waals surface area contributed by atoms with Crippen molar-refractivity contribution in [3.63, 3.8) is 0 Å². The van der Waals surface area contributed by atoms with Gasteiger partial charge in [-0.05, 0) is 41.9 Å². The molecular formula is C12H19O. The molecule has 13 heavy (non-hydrogen) atoms. The van der Waals surface area contributed by atoms with Crippen LogP contribution in [0.2, 0.25) is 0 Å². The molecule has 3 aliphatic rings. The van der Waals surface area contributed by atoms with E-state index >= 15 is 0 Å². The summed E-state index contributed by atoms with van der Waals surface area (Å²) in [5, 5.41) is 0. The van der Waals surface area contributed by atoms with Crippen LogP contribution in [-0.4, -0.2) is 6.10 Å². The van der Waals surface area contributed by atoms with Crippen molar-refractivity contribution in [2.24, 2.45) is 22.7 Å². The minimum atomic E-state index is 0.454. The van der Waals surface area contributed by atoms with E-state index in [1.54, 1.807) is 0 Å². The van der Waals surface area contributed by atoms with Gasteiger partial charge in [-0.25, -0.2) is 0 Å². The minimum absolute atomic E-state index is 0.454. The van der Waals surface area contributed by atoms with E-state index in [1.807, 2.05) is 0 Å². The van der Waals surface area contributed by atoms with Crippen LogP contribution in [0.15, 0.2) is 0 Å². The molecule has 3 fully saturated rings. The summed E-state index contributed by atoms with van der Waals surface area (Å²) >= 11 is 0. The third kappa shape index (κ3) is 0.707. The van der Waals surface area contributed by atoms with E-state index in [2.05, 4.69) is 27.4 Å². The first-order chi connectivity index (χ1) is 6.07. The molecule has 2 bridgehead atoms. The van der Waals surface area contributed by atoms with Gasteiger partial charge in [-0.15, -0.1) is 0 Å². The summed E-state index contributed by atoms with van der Waals surface area (Å²) in [6.07, 6.45) is 4.55. The predicted molar refractivity (Wildman–Crippen MR) is 51.9 cm³/mol. The molecule has 0 spiro atoms. The first-order valence-corrected chi connectivity index (χ1v) is 5.54. The van der Waals surface area contributed by atoms with E-state index in [1.165, 1.54) is 19.3 Å². The molecule has 1 aliphatic heterocycles. The molecule has 0 aromatic carbocycles. The van der Waals surface area contributed by atoms with Crippen molar-refractivity contribution >= 4 is 0 Å². The van der Waals surface area contributed by atoms with E-state index in [0.717, 1.165) is 11.8 Å². The molecule has 3 rings (SSSR count). The smallest absolute Gasteiger partial charge is 0.0844 e. The Kier molecular flexibility index (Phi) is 1.36. The fourth-order valence-electron chi connectivity index (χ4n) is 4.31. The van der Waals surface area contributed by atoms with Crippen molar-refractivity contribution < 1.29 is 4.74 Å². The molecule has 4 atom stereocenters. The normalized spacial score (nSPS) is 57.0. The molecule has 1 nitrogen and oxygen atoms in total. The highest BCUT2D eigenvalue weighted by Gasteiger charge is 2.67. The number of fused-ring (bicyclic) bond motifs is 5. The van der Waals surface area contributed by atoms with Gasteiger partial charge in [0.2, 0.25) is 0 Å². The maximum absolute atomic E-state index is 5.82. The molecule has 2 aliphatic carbocycles. The van der Waals surface area contributed by atoms with Crippen molar-refractivity contribution in [1.29, 1.82) is 0 Å². The summed E-state index contributed by atoms with van der Waals surface area (Å²) < 4.78 is 5.82. The number of rotatable bonds is 0. The zero-order valence-corrected chi connectivity index (χ0v) is 8.84. The summed E-state index contributed by atoms with van der Waals surface area (Å²) in [5.74, 6) is 1.76. The third-order valence-electron chi connectivity index (χ3n) is 5.52. The second-order valence-corrected chi connectivity index (χ2v) is 5.91. The van der Waals surface area contributed by atoms with Gasteiger partial charge in [-0.2, -0.15) is 0 Å². The lowest BCUT2D eigenvalue weighted by molar-refractivity contribution is -0.00392. The molecule has 0 N–H and O–H groups in total. The Balaban J connectivity index is 2.07. The van der Waals surface area contributed by atoms with E-state index < -0.39 is 0 Å². The molecule has 4 unspecified atom stereocenters. The fourth-order valence-corrected chi connectivity index (χ4v) is 4.31. The van der Waals surface area contributed by atoms with Crippen LogP contribution in [0.25, 0.3) is 0 Å². The van der Waals surface area contributed by atoms with Gasteiger partial charge >= 0.3 is 0 Å². The quantitative estimate of drug-likeness (QED) is 0.555. The van der Waals surface area contributed by atoms with Crippen LogP contribution >= 0.6 is 0 Å². The highest BCUT2D eigenvalue weighted by molar-refractivity contribution is 5.17. The van der Waals surface area contributed by atoms with E-state index in [-0.39, 0.29) is 0 Å². The van der Waals surface area contributed by atoms with Gasteiger partial charge in [0.05, 0.1) is 12.7 Å². The molecule has 0 aromatic rings. The van der Waals surface area contributed by atoms with Crippen LogP contribution in [0.3, 0.4) is 0 Å². The SMILES string of the molecule is CC1(C)C2CCC1(C)C1O[CH]CC21. The van der Waals surface area contributed by atoms with Gasteiger partial charge in [0, 0.05) is 0 Å². The summed E-state index contributed by atoms with van der Waals surface area (Å²) in [6, 6.07) is 0. The molecule has 0 amide bonds. The molecule has 1 radical (unpaired) electrons. The molecule has 73 valence electrons. The lowest BCUT2D eigenvalue weighted by atomic mass is 9.70. The topological polar surface area (TPSA) is 9.23 Å². The van der Waals surface area contributed by atoms with Gasteiger partial charge in [0.25, 0.3) is 0 Å². The van der Waals surface area contributed by atoms with Gasteiger partial charge in [-0.1, -0.05) is 20.8 Å². The number of hydrogen-bond acceptors (Lipinski definition) is 1. The molecule has 1 saturated heterocycles. The Labute approximate surface area is 80.8 Å². The van der Waals surface area contributed by atoms with Crippen molar-refractivity contribution in [1.82, 2.24) is 0 Å². The van der Waals surface area contributed by atoms with Crippen molar-refractivity contribution in [3.8, 4) is 0 Å². The minimum Gasteiger partial charge on any atom is -0.371 e. The summed E-state index contributed by atoms with van der Waals surface area (Å²) in [5.41, 5.74) is 0.964. The van der Waals surface area contributed by atoms with Crippen molar-refractivity contribution in [2.45, 2.75) is 46.1 Å². The average molecular weight is 179 g/mol. The van der Waals surface area contributed by atoms with Crippen LogP contribution in [0, 0.1) is 29.3 Å². The molecule has 0 aromatic heterocycles. The number of ether oxygens (including phenoxy) is 1. The van der Waals surface area contributed by atoms with E-state index in [4.69, 9.17) is 4.74 Å². The first kappa shape index (κ1) is 8.28. The van der Waals surface area contributed by atoms with Crippen LogP contribution in [0.4, 0.5) is 0 Å². The molecule has 1 heteroatoms. The average Bonchev–Trinajstić information content (AvgIpc) is 2.63. The van der Waals surface area contributed by atoms with E-state index in [0.29, 0.717) is 16.9 Å². The molecule has 2 saturated carbocycles. The van der Waals surface area contributed by atoms with E-state index in [9.17, 15) is 0 Å². The Morgan fingerprint density at radius 2 is 2.08 bits per heavy atom. The van der Waals surface area contributed by atoms with Gasteiger partial charge in [0.15, 0.2) is 0 Å². The number of hydrogen-bond donors (Lipinski definition) is 0. The maximum atomic E-state index is 5.82. The van der Waals surface area contributed by atoms with Crippen LogP contribution < -0.4 is 0 Å². The Morgan fingerprint density at radius 1 is 1.31 bits per heavy atom. The monoisotopic (exact) mass is 179 g/mol. The maximum Gasteiger partial charge on any atom is 0.0844 e. The van der Waals surface area contributed by atoms with Crippen LogP contribution in [0.1, 0.15) is 40.0 Å². The van der Waals surface area contributed by atoms with Gasteiger partial charge < -0.3 is 4.74 Å². The third-order valence-corrected chi connectivity index (χ3v) is 5.52. The second kappa shape index (κ2) is 2.13. The van der Waals surface area contributed by atoms with Crippen molar-refractivity contribution in [2.75, 3.05) is 0 Å². The highest BCUT2D eigenvalue weighted by atomic mass is 16.5. The highest BCUT2D eigenvalue weighted by Crippen LogP contribution is 2.70. The molecule has 1 heterocycles. The van der Waals surface area contributed by atoms with Crippen LogP contribution in [0.5, 0.6) is 0 Å². The fraction of sp³-hybridized carbons (Fsp3) is 0.917. The van der Waals surface area contributed by atoms with Crippen LogP contribution in [-0.2, 0) is 4.74 Å². The second-order valence-electron chi connectivity index (χ2n) is 5.91. The Morgan fingerprint density at radius 3 is 2.77 bits per heavy atom. The molecular weight excluding hydrogens is 160 g/mol. The first-order valence-electron chi connectivity index (χ1n) is 5.54. The zero-order valence-electron chi connectivity index (χ0n) is 8.84. The lowest BCUT2D eigenvalue weighted by Gasteiger charge is -2.38. The predicted octanol–water partition coefficient (Wildman–Crippen LogP) is 3.01. The Bertz CT molecular complexity index is 244. The largest absolute Gasteiger partial charge is 0.371 e. The van der Waals surface area contributed by atoms with Gasteiger partial charge in [0.1, 0.15) is 0 Å². The van der Waals surface area contributed by atoms with Gasteiger partial charge in [-0.3, -0.25) is 0 Å². The van der Waals surface area contributed by atoms with Crippen molar-refractivity contribution in [3.05, 3.63) is 6.61 Å². The summed E-state index contributed by atoms with van der Waals surface area (Å²) in [7, 11) is 0.